The lowest BCUT2D eigenvalue weighted by Crippen LogP contribution is -2.46. The van der Waals surface area contributed by atoms with E-state index in [0.29, 0.717) is 12.5 Å². The van der Waals surface area contributed by atoms with Crippen LogP contribution < -0.4 is 5.73 Å². The van der Waals surface area contributed by atoms with Crippen LogP contribution in [0.3, 0.4) is 0 Å². The van der Waals surface area contributed by atoms with Gasteiger partial charge in [-0.2, -0.15) is 0 Å². The van der Waals surface area contributed by atoms with Crippen LogP contribution in [0.5, 0.6) is 0 Å². The fourth-order valence-corrected chi connectivity index (χ4v) is 2.19. The molecule has 1 heterocycles. The molecule has 0 aromatic rings. The third-order valence-electron chi connectivity index (χ3n) is 3.45. The summed E-state index contributed by atoms with van der Waals surface area (Å²) < 4.78 is 5.35. The first-order valence-electron chi connectivity index (χ1n) is 6.23. The van der Waals surface area contributed by atoms with Gasteiger partial charge in [0.15, 0.2) is 0 Å². The van der Waals surface area contributed by atoms with Crippen LogP contribution in [0.2, 0.25) is 0 Å². The SMILES string of the molecule is COC1CCCN(CCCC(C)(N)C(=O)O)C1. The van der Waals surface area contributed by atoms with Crippen LogP contribution in [0.15, 0.2) is 0 Å². The molecule has 17 heavy (non-hydrogen) atoms. The lowest BCUT2D eigenvalue weighted by Gasteiger charge is -2.32. The first-order chi connectivity index (χ1) is 7.95. The molecule has 5 nitrogen and oxygen atoms in total. The van der Waals surface area contributed by atoms with Gasteiger partial charge < -0.3 is 20.5 Å². The molecule has 1 rings (SSSR count). The van der Waals surface area contributed by atoms with Crippen LogP contribution in [0.1, 0.15) is 32.6 Å². The molecule has 1 aliphatic rings. The van der Waals surface area contributed by atoms with E-state index in [9.17, 15) is 4.79 Å². The van der Waals surface area contributed by atoms with E-state index in [1.165, 1.54) is 0 Å². The molecule has 1 fully saturated rings. The van der Waals surface area contributed by atoms with Crippen molar-refractivity contribution in [3.63, 3.8) is 0 Å². The third-order valence-corrected chi connectivity index (χ3v) is 3.45. The summed E-state index contributed by atoms with van der Waals surface area (Å²) in [5, 5.41) is 8.90. The van der Waals surface area contributed by atoms with Crippen LogP contribution in [0.4, 0.5) is 0 Å². The molecule has 0 aromatic heterocycles. The van der Waals surface area contributed by atoms with Crippen LogP contribution >= 0.6 is 0 Å². The lowest BCUT2D eigenvalue weighted by molar-refractivity contribution is -0.143. The summed E-state index contributed by atoms with van der Waals surface area (Å²) in [6, 6.07) is 0. The lowest BCUT2D eigenvalue weighted by atomic mass is 9.97. The van der Waals surface area contributed by atoms with Gasteiger partial charge in [0.25, 0.3) is 0 Å². The Balaban J connectivity index is 2.24. The Morgan fingerprint density at radius 1 is 1.65 bits per heavy atom. The van der Waals surface area contributed by atoms with Crippen LogP contribution in [0, 0.1) is 0 Å². The van der Waals surface area contributed by atoms with Crippen molar-refractivity contribution in [2.24, 2.45) is 5.73 Å². The fraction of sp³-hybridized carbons (Fsp3) is 0.917. The number of methoxy groups -OCH3 is 1. The minimum absolute atomic E-state index is 0.326. The van der Waals surface area contributed by atoms with Crippen LogP contribution in [-0.2, 0) is 9.53 Å². The fourth-order valence-electron chi connectivity index (χ4n) is 2.19. The van der Waals surface area contributed by atoms with Gasteiger partial charge in [0, 0.05) is 13.7 Å². The first-order valence-corrected chi connectivity index (χ1v) is 6.23. The number of nitrogens with zero attached hydrogens (tertiary/aromatic N) is 1. The zero-order chi connectivity index (χ0) is 12.9. The number of carbonyl (C=O) groups is 1. The second kappa shape index (κ2) is 6.33. The molecule has 0 spiro atoms. The molecule has 0 radical (unpaired) electrons. The average Bonchev–Trinajstić information content (AvgIpc) is 2.29. The van der Waals surface area contributed by atoms with Gasteiger partial charge in [0.05, 0.1) is 6.10 Å². The van der Waals surface area contributed by atoms with Gasteiger partial charge >= 0.3 is 5.97 Å². The van der Waals surface area contributed by atoms with Gasteiger partial charge in [-0.1, -0.05) is 0 Å². The third kappa shape index (κ3) is 4.61. The number of ether oxygens (including phenoxy) is 1. The molecule has 100 valence electrons. The van der Waals surface area contributed by atoms with Crippen molar-refractivity contribution in [3.05, 3.63) is 0 Å². The van der Waals surface area contributed by atoms with E-state index in [-0.39, 0.29) is 0 Å². The predicted octanol–water partition coefficient (Wildman–Crippen LogP) is 0.679. The van der Waals surface area contributed by atoms with E-state index in [1.54, 1.807) is 14.0 Å². The van der Waals surface area contributed by atoms with Gasteiger partial charge in [0.2, 0.25) is 0 Å². The summed E-state index contributed by atoms with van der Waals surface area (Å²) in [7, 11) is 1.75. The summed E-state index contributed by atoms with van der Waals surface area (Å²) in [4.78, 5) is 13.2. The second-order valence-corrected chi connectivity index (χ2v) is 5.13. The van der Waals surface area contributed by atoms with Crippen molar-refractivity contribution in [1.29, 1.82) is 0 Å². The molecule has 0 bridgehead atoms. The highest BCUT2D eigenvalue weighted by molar-refractivity contribution is 5.77. The Labute approximate surface area is 103 Å². The number of hydrogen-bond acceptors (Lipinski definition) is 4. The van der Waals surface area contributed by atoms with Gasteiger partial charge in [0.1, 0.15) is 5.54 Å². The molecule has 3 N–H and O–H groups in total. The highest BCUT2D eigenvalue weighted by Crippen LogP contribution is 2.15. The Bertz CT molecular complexity index is 256. The molecular formula is C12H24N2O3. The van der Waals surface area contributed by atoms with Crippen LogP contribution in [-0.4, -0.2) is 54.4 Å². The number of carboxylic acid groups (broad SMARTS) is 1. The van der Waals surface area contributed by atoms with E-state index in [1.807, 2.05) is 0 Å². The van der Waals surface area contributed by atoms with Gasteiger partial charge in [-0.3, -0.25) is 4.79 Å². The zero-order valence-corrected chi connectivity index (χ0v) is 10.8. The Morgan fingerprint density at radius 2 is 2.35 bits per heavy atom. The minimum atomic E-state index is -1.10. The second-order valence-electron chi connectivity index (χ2n) is 5.13. The van der Waals surface area contributed by atoms with E-state index in [4.69, 9.17) is 15.6 Å². The van der Waals surface area contributed by atoms with Crippen molar-refractivity contribution in [2.75, 3.05) is 26.7 Å². The summed E-state index contributed by atoms with van der Waals surface area (Å²) in [6.45, 7) is 4.50. The maximum Gasteiger partial charge on any atom is 0.323 e. The van der Waals surface area contributed by atoms with Crippen molar-refractivity contribution in [1.82, 2.24) is 4.90 Å². The normalized spacial score (nSPS) is 25.5. The van der Waals surface area contributed by atoms with E-state index in [2.05, 4.69) is 4.90 Å². The van der Waals surface area contributed by atoms with Crippen molar-refractivity contribution in [3.8, 4) is 0 Å². The highest BCUT2D eigenvalue weighted by Gasteiger charge is 2.27. The molecule has 1 saturated heterocycles. The molecule has 0 aliphatic carbocycles. The number of nitrogens with two attached hydrogens (primary N) is 1. The van der Waals surface area contributed by atoms with Crippen molar-refractivity contribution >= 4 is 5.97 Å². The standard InChI is InChI=1S/C12H24N2O3/c1-12(13,11(15)16)6-4-8-14-7-3-5-10(9-14)17-2/h10H,3-9,13H2,1-2H3,(H,15,16). The monoisotopic (exact) mass is 244 g/mol. The largest absolute Gasteiger partial charge is 0.480 e. The van der Waals surface area contributed by atoms with Gasteiger partial charge in [-0.15, -0.1) is 0 Å². The smallest absolute Gasteiger partial charge is 0.323 e. The maximum absolute atomic E-state index is 10.8. The average molecular weight is 244 g/mol. The number of rotatable bonds is 6. The molecule has 5 heteroatoms. The van der Waals surface area contributed by atoms with E-state index < -0.39 is 11.5 Å². The summed E-state index contributed by atoms with van der Waals surface area (Å²) >= 11 is 0. The van der Waals surface area contributed by atoms with E-state index >= 15 is 0 Å². The van der Waals surface area contributed by atoms with Gasteiger partial charge in [-0.05, 0) is 45.7 Å². The molecule has 0 saturated carbocycles. The summed E-state index contributed by atoms with van der Waals surface area (Å²) in [6.07, 6.45) is 3.92. The predicted molar refractivity (Wildman–Crippen MR) is 65.9 cm³/mol. The number of carboxylic acids is 1. The highest BCUT2D eigenvalue weighted by atomic mass is 16.5. The molecule has 2 unspecified atom stereocenters. The van der Waals surface area contributed by atoms with Gasteiger partial charge in [-0.25, -0.2) is 0 Å². The quantitative estimate of drug-likeness (QED) is 0.718. The number of likely N-dealkylation sites (tertiary alicyclic amines) is 1. The Kier molecular flexibility index (Phi) is 5.36. The Hall–Kier alpha value is -0.650. The van der Waals surface area contributed by atoms with E-state index in [0.717, 1.165) is 38.9 Å². The Morgan fingerprint density at radius 3 is 2.94 bits per heavy atom. The number of hydrogen-bond donors (Lipinski definition) is 2. The van der Waals surface area contributed by atoms with Crippen molar-refractivity contribution < 1.29 is 14.6 Å². The zero-order valence-electron chi connectivity index (χ0n) is 10.8. The number of piperidine rings is 1. The number of aliphatic carboxylic acids is 1. The molecule has 0 amide bonds. The molecular weight excluding hydrogens is 220 g/mol. The molecule has 2 atom stereocenters. The maximum atomic E-state index is 10.8. The summed E-state index contributed by atoms with van der Waals surface area (Å²) in [5.41, 5.74) is 4.59. The molecule has 0 aromatic carbocycles. The topological polar surface area (TPSA) is 75.8 Å². The van der Waals surface area contributed by atoms with Crippen molar-refractivity contribution in [2.45, 2.75) is 44.2 Å². The first kappa shape index (κ1) is 14.4. The summed E-state index contributed by atoms with van der Waals surface area (Å²) in [5.74, 6) is -0.925. The minimum Gasteiger partial charge on any atom is -0.480 e. The molecule has 1 aliphatic heterocycles. The van der Waals surface area contributed by atoms with Crippen LogP contribution in [0.25, 0.3) is 0 Å².